The smallest absolute Gasteiger partial charge is 0.335 e. The fourth-order valence-electron chi connectivity index (χ4n) is 15.4. The number of ether oxygens (including phenoxy) is 7. The van der Waals surface area contributed by atoms with E-state index in [0.717, 1.165) is 51.4 Å². The normalized spacial score (nSPS) is 53.1. The topological polar surface area (TPSA) is 281 Å². The molecule has 3 heterocycles. The van der Waals surface area contributed by atoms with Crippen molar-refractivity contribution < 1.29 is 88.7 Å². The van der Waals surface area contributed by atoms with E-state index in [-0.39, 0.29) is 51.0 Å². The summed E-state index contributed by atoms with van der Waals surface area (Å²) in [4.78, 5) is 24.9. The molecule has 0 aromatic carbocycles. The summed E-state index contributed by atoms with van der Waals surface area (Å²) < 4.78 is 42.6. The molecule has 68 heavy (non-hydrogen) atoms. The molecule has 7 fully saturated rings. The lowest BCUT2D eigenvalue weighted by Gasteiger charge is -2.71. The molecule has 388 valence electrons. The first-order chi connectivity index (χ1) is 31.6. The number of carboxylic acid groups (broad SMARTS) is 1. The second-order valence-corrected chi connectivity index (χ2v) is 24.3. The summed E-state index contributed by atoms with van der Waals surface area (Å²) in [6.07, 6.45) is -16.0. The lowest BCUT2D eigenvalue weighted by atomic mass is 9.33. The van der Waals surface area contributed by atoms with Crippen molar-refractivity contribution in [3.63, 3.8) is 0 Å². The average Bonchev–Trinajstić information content (AvgIpc) is 3.25. The molecule has 0 amide bonds. The first-order valence-corrected chi connectivity index (χ1v) is 25.0. The van der Waals surface area contributed by atoms with E-state index in [0.29, 0.717) is 12.3 Å². The van der Waals surface area contributed by atoms with Crippen LogP contribution in [-0.4, -0.2) is 169 Å². The van der Waals surface area contributed by atoms with Crippen molar-refractivity contribution in [2.24, 2.45) is 50.2 Å². The number of fused-ring (bicyclic) bond motifs is 7. The van der Waals surface area contributed by atoms with Gasteiger partial charge in [-0.2, -0.15) is 0 Å². The molecule has 0 aromatic rings. The standard InChI is InChI=1S/C50H80O18/c1-22-31(53)33(55)37(59)42(62-22)67-39-34(56)32(54)26(21-51)64-43(39)68-40-36(58)35(57)38(41(60)61)66-44(40)65-29-14-15-48(8)27(46(29,5)6)13-16-50(10)28(48)12-11-24-25-19-45(3,4)20-30(63-23(2)52)47(25,7)17-18-49(24,50)9/h11,22,25-40,42-44,51,53-59H,12-21H2,1-10H3,(H,60,61)/t22-,25-,26+,27?,28+,29-,30+,31-,32-,33+,34-,35-,36-,37+,38-,39+,40+,42-,43-,44+,47+,48-,49+,50+/m0/s1. The number of hydrogen-bond acceptors (Lipinski definition) is 17. The third-order valence-electron chi connectivity index (χ3n) is 19.6. The van der Waals surface area contributed by atoms with Crippen LogP contribution in [0.1, 0.15) is 127 Å². The van der Waals surface area contributed by atoms with E-state index in [1.54, 1.807) is 0 Å². The van der Waals surface area contributed by atoms with Gasteiger partial charge in [0, 0.05) is 12.3 Å². The summed E-state index contributed by atoms with van der Waals surface area (Å²) >= 11 is 0. The summed E-state index contributed by atoms with van der Waals surface area (Å²) in [5.41, 5.74) is 0.574. The minimum absolute atomic E-state index is 0.00444. The number of allylic oxidation sites excluding steroid dienone is 2. The second-order valence-electron chi connectivity index (χ2n) is 24.3. The van der Waals surface area contributed by atoms with Crippen molar-refractivity contribution in [3.05, 3.63) is 11.6 Å². The van der Waals surface area contributed by atoms with Crippen LogP contribution in [0.5, 0.6) is 0 Å². The fraction of sp³-hybridized carbons (Fsp3) is 0.920. The zero-order chi connectivity index (χ0) is 50.0. The highest BCUT2D eigenvalue weighted by atomic mass is 16.8. The highest BCUT2D eigenvalue weighted by Gasteiger charge is 2.69. The van der Waals surface area contributed by atoms with E-state index in [9.17, 15) is 55.5 Å². The van der Waals surface area contributed by atoms with Gasteiger partial charge < -0.3 is 79.1 Å². The predicted octanol–water partition coefficient (Wildman–Crippen LogP) is 2.30. The second kappa shape index (κ2) is 18.3. The molecule has 0 bridgehead atoms. The van der Waals surface area contributed by atoms with Gasteiger partial charge >= 0.3 is 11.9 Å². The van der Waals surface area contributed by atoms with E-state index in [4.69, 9.17) is 33.2 Å². The maximum Gasteiger partial charge on any atom is 0.335 e. The predicted molar refractivity (Wildman–Crippen MR) is 239 cm³/mol. The summed E-state index contributed by atoms with van der Waals surface area (Å²) in [5, 5.41) is 96.8. The van der Waals surface area contributed by atoms with E-state index in [1.165, 1.54) is 19.4 Å². The molecule has 4 saturated carbocycles. The largest absolute Gasteiger partial charge is 0.479 e. The van der Waals surface area contributed by atoms with Crippen LogP contribution in [0, 0.1) is 50.2 Å². The van der Waals surface area contributed by atoms with E-state index >= 15 is 0 Å². The third kappa shape index (κ3) is 8.33. The maximum atomic E-state index is 12.5. The Morgan fingerprint density at radius 3 is 1.93 bits per heavy atom. The summed E-state index contributed by atoms with van der Waals surface area (Å²) in [5.74, 6) is -1.04. The van der Waals surface area contributed by atoms with E-state index < -0.39 is 116 Å². The zero-order valence-corrected chi connectivity index (χ0v) is 41.4. The van der Waals surface area contributed by atoms with Crippen molar-refractivity contribution in [2.75, 3.05) is 6.61 Å². The van der Waals surface area contributed by atoms with Gasteiger partial charge in [0.05, 0.1) is 18.8 Å². The molecule has 24 atom stereocenters. The Kier molecular flexibility index (Phi) is 14.1. The van der Waals surface area contributed by atoms with Crippen LogP contribution in [0.15, 0.2) is 11.6 Å². The van der Waals surface area contributed by atoms with Crippen molar-refractivity contribution in [2.45, 2.75) is 231 Å². The van der Waals surface area contributed by atoms with Gasteiger partial charge in [-0.15, -0.1) is 0 Å². The van der Waals surface area contributed by atoms with Crippen LogP contribution in [0.25, 0.3) is 0 Å². The zero-order valence-electron chi connectivity index (χ0n) is 41.4. The quantitative estimate of drug-likeness (QED) is 0.0911. The number of carbonyl (C=O) groups excluding carboxylic acids is 1. The van der Waals surface area contributed by atoms with Gasteiger partial charge in [-0.3, -0.25) is 4.79 Å². The Morgan fingerprint density at radius 2 is 1.29 bits per heavy atom. The molecular formula is C50H80O18. The highest BCUT2D eigenvalue weighted by molar-refractivity contribution is 5.73. The van der Waals surface area contributed by atoms with Gasteiger partial charge in [-0.05, 0) is 110 Å². The molecule has 0 radical (unpaired) electrons. The Morgan fingerprint density at radius 1 is 0.662 bits per heavy atom. The van der Waals surface area contributed by atoms with Crippen molar-refractivity contribution >= 4 is 11.9 Å². The van der Waals surface area contributed by atoms with Gasteiger partial charge in [-0.1, -0.05) is 67.0 Å². The lowest BCUT2D eigenvalue weighted by molar-refractivity contribution is -0.395. The minimum atomic E-state index is -2.03. The molecule has 1 unspecified atom stereocenters. The van der Waals surface area contributed by atoms with E-state index in [1.807, 2.05) is 0 Å². The molecule has 18 nitrogen and oxygen atoms in total. The first kappa shape index (κ1) is 52.4. The van der Waals surface area contributed by atoms with Crippen LogP contribution in [0.2, 0.25) is 0 Å². The molecule has 8 rings (SSSR count). The van der Waals surface area contributed by atoms with Gasteiger partial charge in [0.15, 0.2) is 25.0 Å². The molecular weight excluding hydrogens is 889 g/mol. The average molecular weight is 969 g/mol. The van der Waals surface area contributed by atoms with Crippen LogP contribution in [0.3, 0.4) is 0 Å². The van der Waals surface area contributed by atoms with E-state index in [2.05, 4.69) is 61.5 Å². The maximum absolute atomic E-state index is 12.5. The van der Waals surface area contributed by atoms with Crippen LogP contribution >= 0.6 is 0 Å². The van der Waals surface area contributed by atoms with Crippen LogP contribution in [-0.2, 0) is 42.7 Å². The van der Waals surface area contributed by atoms with Gasteiger partial charge in [0.25, 0.3) is 0 Å². The number of aliphatic hydroxyl groups is 8. The molecule has 8 aliphatic rings. The van der Waals surface area contributed by atoms with Crippen LogP contribution < -0.4 is 0 Å². The van der Waals surface area contributed by atoms with Crippen LogP contribution in [0.4, 0.5) is 0 Å². The monoisotopic (exact) mass is 969 g/mol. The molecule has 0 aromatic heterocycles. The van der Waals surface area contributed by atoms with Gasteiger partial charge in [0.2, 0.25) is 0 Å². The number of esters is 1. The minimum Gasteiger partial charge on any atom is -0.479 e. The van der Waals surface area contributed by atoms with Crippen molar-refractivity contribution in [1.82, 2.24) is 0 Å². The first-order valence-electron chi connectivity index (χ1n) is 25.0. The van der Waals surface area contributed by atoms with Gasteiger partial charge in [-0.25, -0.2) is 4.79 Å². The lowest BCUT2D eigenvalue weighted by Crippen LogP contribution is -2.68. The molecule has 18 heteroatoms. The van der Waals surface area contributed by atoms with Gasteiger partial charge in [0.1, 0.15) is 67.1 Å². The molecule has 5 aliphatic carbocycles. The Hall–Kier alpha value is -1.88. The Bertz CT molecular complexity index is 1910. The Labute approximate surface area is 399 Å². The SMILES string of the molecule is CC(=O)O[C@@H]1CC(C)(C)C[C@H]2C3=CC[C@@H]4[C@@]5(C)CC[C@H](O[C@@H]6O[C@H](C(=O)O)[C@@H](O)[C@H](O)[C@H]6O[C@@H]6O[C@H](CO)[C@H](O)[C@H](O)[C@H]6O[C@@H]6O[C@@H](C)[C@H](O)[C@@H](O)[C@H]6O)C(C)(C)C5CC[C@@]4(C)[C@]3(C)CC[C@@]12C. The number of carboxylic acids is 1. The highest BCUT2D eigenvalue weighted by Crippen LogP contribution is 2.76. The molecule has 3 saturated heterocycles. The molecule has 3 aliphatic heterocycles. The van der Waals surface area contributed by atoms with Crippen molar-refractivity contribution in [3.8, 4) is 0 Å². The molecule has 9 N–H and O–H groups in total. The Balaban J connectivity index is 1.06. The molecule has 0 spiro atoms. The van der Waals surface area contributed by atoms with Crippen molar-refractivity contribution in [1.29, 1.82) is 0 Å². The summed E-state index contributed by atoms with van der Waals surface area (Å²) in [6, 6.07) is 0. The third-order valence-corrected chi connectivity index (χ3v) is 19.6. The number of rotatable bonds is 9. The number of aliphatic hydroxyl groups excluding tert-OH is 8. The number of carbonyl (C=O) groups is 2. The fourth-order valence-corrected chi connectivity index (χ4v) is 15.4. The summed E-state index contributed by atoms with van der Waals surface area (Å²) in [7, 11) is 0. The number of hydrogen-bond donors (Lipinski definition) is 9. The summed E-state index contributed by atoms with van der Waals surface area (Å²) in [6.45, 7) is 20.8. The number of aliphatic carboxylic acids is 1.